The van der Waals surface area contributed by atoms with Gasteiger partial charge in [0.1, 0.15) is 5.75 Å². The Morgan fingerprint density at radius 3 is 3.09 bits per heavy atom. The highest BCUT2D eigenvalue weighted by Crippen LogP contribution is 2.31. The highest BCUT2D eigenvalue weighted by atomic mass is 127. The van der Waals surface area contributed by atoms with Crippen LogP contribution in [-0.2, 0) is 6.54 Å². The Kier molecular flexibility index (Phi) is 6.01. The van der Waals surface area contributed by atoms with Gasteiger partial charge in [-0.3, -0.25) is 0 Å². The van der Waals surface area contributed by atoms with Crippen molar-refractivity contribution in [2.24, 2.45) is 10.7 Å². The summed E-state index contributed by atoms with van der Waals surface area (Å²) in [6.45, 7) is 3.24. The number of benzene rings is 1. The van der Waals surface area contributed by atoms with Crippen molar-refractivity contribution in [3.05, 3.63) is 45.9 Å². The number of guanidine groups is 1. The van der Waals surface area contributed by atoms with E-state index in [1.54, 1.807) is 11.3 Å². The number of hydrogen-bond donors (Lipinski definition) is 2. The Morgan fingerprint density at radius 2 is 2.32 bits per heavy atom. The molecule has 0 saturated heterocycles. The van der Waals surface area contributed by atoms with E-state index in [9.17, 15) is 0 Å². The number of hydrogen-bond acceptors (Lipinski definition) is 4. The van der Waals surface area contributed by atoms with Gasteiger partial charge in [0, 0.05) is 23.1 Å². The number of ether oxygens (including phenoxy) is 1. The molecule has 1 atom stereocenters. The van der Waals surface area contributed by atoms with E-state index in [0.29, 0.717) is 19.1 Å². The molecule has 1 unspecified atom stereocenters. The minimum Gasteiger partial charge on any atom is -0.493 e. The SMILES string of the molecule is Cc1ncc(CN=C(N)NC2CCOc3ccccc32)s1.I. The predicted octanol–water partition coefficient (Wildman–Crippen LogP) is 3.00. The van der Waals surface area contributed by atoms with Crippen LogP contribution in [0.1, 0.15) is 27.9 Å². The summed E-state index contributed by atoms with van der Waals surface area (Å²) in [6.07, 6.45) is 2.73. The van der Waals surface area contributed by atoms with E-state index in [2.05, 4.69) is 21.4 Å². The molecule has 2 heterocycles. The minimum absolute atomic E-state index is 0. The molecular formula is C15H19IN4OS. The van der Waals surface area contributed by atoms with Gasteiger partial charge >= 0.3 is 0 Å². The van der Waals surface area contributed by atoms with E-state index < -0.39 is 0 Å². The fourth-order valence-electron chi connectivity index (χ4n) is 2.36. The zero-order valence-electron chi connectivity index (χ0n) is 12.3. The number of fused-ring (bicyclic) bond motifs is 1. The highest BCUT2D eigenvalue weighted by molar-refractivity contribution is 14.0. The molecule has 1 aromatic heterocycles. The van der Waals surface area contributed by atoms with E-state index in [0.717, 1.165) is 27.6 Å². The maximum atomic E-state index is 6.00. The van der Waals surface area contributed by atoms with Crippen LogP contribution in [0.4, 0.5) is 0 Å². The van der Waals surface area contributed by atoms with Crippen molar-refractivity contribution in [2.75, 3.05) is 6.61 Å². The van der Waals surface area contributed by atoms with Crippen molar-refractivity contribution in [3.8, 4) is 5.75 Å². The van der Waals surface area contributed by atoms with Crippen molar-refractivity contribution in [1.82, 2.24) is 10.3 Å². The molecular weight excluding hydrogens is 411 g/mol. The van der Waals surface area contributed by atoms with Gasteiger partial charge in [-0.1, -0.05) is 18.2 Å². The third-order valence-corrected chi connectivity index (χ3v) is 4.25. The fourth-order valence-corrected chi connectivity index (χ4v) is 3.08. The van der Waals surface area contributed by atoms with Crippen LogP contribution in [0, 0.1) is 6.92 Å². The predicted molar refractivity (Wildman–Crippen MR) is 100 cm³/mol. The van der Waals surface area contributed by atoms with Gasteiger partial charge in [0.05, 0.1) is 24.2 Å². The van der Waals surface area contributed by atoms with Gasteiger partial charge in [-0.2, -0.15) is 0 Å². The lowest BCUT2D eigenvalue weighted by Crippen LogP contribution is -2.37. The first-order valence-electron chi connectivity index (χ1n) is 6.92. The molecule has 0 amide bonds. The van der Waals surface area contributed by atoms with Crippen LogP contribution in [-0.4, -0.2) is 17.6 Å². The van der Waals surface area contributed by atoms with E-state index in [-0.39, 0.29) is 30.0 Å². The molecule has 22 heavy (non-hydrogen) atoms. The molecule has 1 aliphatic rings. The Labute approximate surface area is 151 Å². The standard InChI is InChI=1S/C15H18N4OS.HI/c1-10-17-8-11(21-10)9-18-15(16)19-13-6-7-20-14-5-3-2-4-12(13)14;/h2-5,8,13H,6-7,9H2,1H3,(H3,16,18,19);1H. The first-order valence-corrected chi connectivity index (χ1v) is 7.73. The summed E-state index contributed by atoms with van der Waals surface area (Å²) in [7, 11) is 0. The molecule has 7 heteroatoms. The molecule has 1 aromatic carbocycles. The van der Waals surface area contributed by atoms with Crippen molar-refractivity contribution in [3.63, 3.8) is 0 Å². The molecule has 0 bridgehead atoms. The molecule has 0 saturated carbocycles. The first kappa shape index (κ1) is 17.0. The summed E-state index contributed by atoms with van der Waals surface area (Å²) in [4.78, 5) is 9.71. The second kappa shape index (κ2) is 7.77. The zero-order chi connectivity index (χ0) is 14.7. The lowest BCUT2D eigenvalue weighted by molar-refractivity contribution is 0.262. The first-order chi connectivity index (χ1) is 10.2. The topological polar surface area (TPSA) is 72.5 Å². The van der Waals surface area contributed by atoms with Crippen LogP contribution in [0.3, 0.4) is 0 Å². The summed E-state index contributed by atoms with van der Waals surface area (Å²) in [6, 6.07) is 8.19. The van der Waals surface area contributed by atoms with E-state index in [1.165, 1.54) is 0 Å². The summed E-state index contributed by atoms with van der Waals surface area (Å²) in [5.41, 5.74) is 7.13. The smallest absolute Gasteiger partial charge is 0.189 e. The molecule has 118 valence electrons. The van der Waals surface area contributed by atoms with Crippen molar-refractivity contribution in [2.45, 2.75) is 25.9 Å². The molecule has 5 nitrogen and oxygen atoms in total. The number of aromatic nitrogens is 1. The maximum Gasteiger partial charge on any atom is 0.189 e. The number of rotatable bonds is 3. The summed E-state index contributed by atoms with van der Waals surface area (Å²) < 4.78 is 5.64. The summed E-state index contributed by atoms with van der Waals surface area (Å²) in [5, 5.41) is 4.33. The second-order valence-corrected chi connectivity index (χ2v) is 6.24. The quantitative estimate of drug-likeness (QED) is 0.446. The van der Waals surface area contributed by atoms with Gasteiger partial charge in [-0.05, 0) is 13.0 Å². The molecule has 0 fully saturated rings. The number of thiazole rings is 1. The molecule has 3 rings (SSSR count). The number of aryl methyl sites for hydroxylation is 1. The fraction of sp³-hybridized carbons (Fsp3) is 0.333. The average Bonchev–Trinajstić information content (AvgIpc) is 2.91. The number of nitrogens with one attached hydrogen (secondary N) is 1. The normalized spacial score (nSPS) is 17.1. The summed E-state index contributed by atoms with van der Waals surface area (Å²) in [5.74, 6) is 1.38. The van der Waals surface area contributed by atoms with Gasteiger partial charge in [-0.15, -0.1) is 35.3 Å². The van der Waals surface area contributed by atoms with Gasteiger partial charge in [-0.25, -0.2) is 9.98 Å². The molecule has 0 radical (unpaired) electrons. The second-order valence-electron chi connectivity index (χ2n) is 4.92. The number of halogens is 1. The number of aliphatic imine (C=N–C) groups is 1. The van der Waals surface area contributed by atoms with E-state index >= 15 is 0 Å². The van der Waals surface area contributed by atoms with E-state index in [1.807, 2.05) is 31.3 Å². The molecule has 0 aliphatic carbocycles. The third kappa shape index (κ3) is 4.10. The lowest BCUT2D eigenvalue weighted by Gasteiger charge is -2.26. The molecule has 0 spiro atoms. The van der Waals surface area contributed by atoms with Crippen molar-refractivity contribution < 1.29 is 4.74 Å². The van der Waals surface area contributed by atoms with Gasteiger partial charge in [0.2, 0.25) is 0 Å². The Morgan fingerprint density at radius 1 is 1.50 bits per heavy atom. The third-order valence-electron chi connectivity index (χ3n) is 3.36. The number of nitrogens with zero attached hydrogens (tertiary/aromatic N) is 2. The molecule has 1 aliphatic heterocycles. The number of nitrogens with two attached hydrogens (primary N) is 1. The van der Waals surface area contributed by atoms with E-state index in [4.69, 9.17) is 10.5 Å². The zero-order valence-corrected chi connectivity index (χ0v) is 15.4. The molecule has 3 N–H and O–H groups in total. The number of para-hydroxylation sites is 1. The Bertz CT molecular complexity index is 658. The van der Waals surface area contributed by atoms with Crippen molar-refractivity contribution >= 4 is 41.3 Å². The van der Waals surface area contributed by atoms with Crippen LogP contribution in [0.5, 0.6) is 5.75 Å². The van der Waals surface area contributed by atoms with Gasteiger partial charge in [0.25, 0.3) is 0 Å². The summed E-state index contributed by atoms with van der Waals surface area (Å²) >= 11 is 1.64. The maximum absolute atomic E-state index is 6.00. The lowest BCUT2D eigenvalue weighted by atomic mass is 10.0. The van der Waals surface area contributed by atoms with Crippen LogP contribution in [0.25, 0.3) is 0 Å². The van der Waals surface area contributed by atoms with Gasteiger partial charge in [0.15, 0.2) is 5.96 Å². The largest absolute Gasteiger partial charge is 0.493 e. The highest BCUT2D eigenvalue weighted by Gasteiger charge is 2.21. The van der Waals surface area contributed by atoms with Crippen LogP contribution < -0.4 is 15.8 Å². The van der Waals surface area contributed by atoms with Crippen LogP contribution in [0.15, 0.2) is 35.5 Å². The monoisotopic (exact) mass is 430 g/mol. The average molecular weight is 430 g/mol. The van der Waals surface area contributed by atoms with Crippen molar-refractivity contribution in [1.29, 1.82) is 0 Å². The van der Waals surface area contributed by atoms with Gasteiger partial charge < -0.3 is 15.8 Å². The Hall–Kier alpha value is -1.35. The minimum atomic E-state index is 0. The van der Waals surface area contributed by atoms with Crippen LogP contribution >= 0.6 is 35.3 Å². The van der Waals surface area contributed by atoms with Crippen LogP contribution in [0.2, 0.25) is 0 Å². The molecule has 2 aromatic rings. The Balaban J connectivity index is 0.00000176.